The van der Waals surface area contributed by atoms with E-state index < -0.39 is 0 Å². The normalized spacial score (nSPS) is 11.1. The summed E-state index contributed by atoms with van der Waals surface area (Å²) in [4.78, 5) is 1.97. The van der Waals surface area contributed by atoms with E-state index in [4.69, 9.17) is 11.6 Å². The van der Waals surface area contributed by atoms with Crippen LogP contribution in [0.3, 0.4) is 0 Å². The van der Waals surface area contributed by atoms with E-state index in [2.05, 4.69) is 10.2 Å². The summed E-state index contributed by atoms with van der Waals surface area (Å²) in [7, 11) is 1.90. The zero-order chi connectivity index (χ0) is 12.3. The van der Waals surface area contributed by atoms with Gasteiger partial charge in [-0.15, -0.1) is 10.2 Å². The number of benzene rings is 1. The van der Waals surface area contributed by atoms with Crippen LogP contribution in [0.5, 0.6) is 0 Å². The van der Waals surface area contributed by atoms with Crippen LogP contribution < -0.4 is 0 Å². The van der Waals surface area contributed by atoms with Gasteiger partial charge in [0, 0.05) is 12.1 Å². The highest BCUT2D eigenvalue weighted by atomic mass is 35.5. The minimum absolute atomic E-state index is 0.186. The molecule has 0 unspecified atom stereocenters. The molecule has 2 aromatic rings. The van der Waals surface area contributed by atoms with Gasteiger partial charge in [0.25, 0.3) is 0 Å². The monoisotopic (exact) mass is 271 g/mol. The van der Waals surface area contributed by atoms with E-state index in [-0.39, 0.29) is 5.82 Å². The van der Waals surface area contributed by atoms with Crippen LogP contribution in [-0.2, 0) is 13.1 Å². The molecule has 0 spiro atoms. The maximum absolute atomic E-state index is 13.4. The average Bonchev–Trinajstić information content (AvgIpc) is 2.67. The van der Waals surface area contributed by atoms with Crippen LogP contribution in [0.15, 0.2) is 24.3 Å². The summed E-state index contributed by atoms with van der Waals surface area (Å²) in [5, 5.41) is 8.48. The number of hydrogen-bond acceptors (Lipinski definition) is 4. The SMILES string of the molecule is CN(Cc1nnc(Cl)s1)Cc1ccccc1F. The quantitative estimate of drug-likeness (QED) is 0.856. The van der Waals surface area contributed by atoms with E-state index in [0.717, 1.165) is 5.01 Å². The second-order valence-electron chi connectivity index (χ2n) is 3.71. The van der Waals surface area contributed by atoms with Gasteiger partial charge in [-0.1, -0.05) is 29.5 Å². The fraction of sp³-hybridized carbons (Fsp3) is 0.273. The summed E-state index contributed by atoms with van der Waals surface area (Å²) in [6, 6.07) is 6.75. The second kappa shape index (κ2) is 5.53. The molecule has 6 heteroatoms. The Hall–Kier alpha value is -1.04. The Morgan fingerprint density at radius 3 is 2.71 bits per heavy atom. The van der Waals surface area contributed by atoms with Gasteiger partial charge >= 0.3 is 0 Å². The third-order valence-corrected chi connectivity index (χ3v) is 3.25. The number of hydrogen-bond donors (Lipinski definition) is 0. The van der Waals surface area contributed by atoms with Crippen molar-refractivity contribution in [2.75, 3.05) is 7.05 Å². The minimum atomic E-state index is -0.186. The van der Waals surface area contributed by atoms with Gasteiger partial charge < -0.3 is 0 Å². The molecule has 0 aliphatic carbocycles. The number of halogens is 2. The molecule has 0 amide bonds. The van der Waals surface area contributed by atoms with Crippen molar-refractivity contribution in [1.29, 1.82) is 0 Å². The summed E-state index contributed by atoms with van der Waals surface area (Å²) < 4.78 is 13.8. The lowest BCUT2D eigenvalue weighted by Gasteiger charge is -2.14. The van der Waals surface area contributed by atoms with Crippen molar-refractivity contribution < 1.29 is 4.39 Å². The summed E-state index contributed by atoms with van der Waals surface area (Å²) in [6.45, 7) is 1.14. The molecule has 0 N–H and O–H groups in total. The summed E-state index contributed by atoms with van der Waals surface area (Å²) in [6.07, 6.45) is 0. The Bertz CT molecular complexity index is 503. The van der Waals surface area contributed by atoms with Gasteiger partial charge in [0.2, 0.25) is 4.47 Å². The van der Waals surface area contributed by atoms with E-state index >= 15 is 0 Å². The Labute approximate surface area is 108 Å². The van der Waals surface area contributed by atoms with Crippen molar-refractivity contribution in [3.05, 3.63) is 45.1 Å². The summed E-state index contributed by atoms with van der Waals surface area (Å²) >= 11 is 7.03. The highest BCUT2D eigenvalue weighted by Crippen LogP contribution is 2.17. The zero-order valence-corrected chi connectivity index (χ0v) is 10.8. The highest BCUT2D eigenvalue weighted by Gasteiger charge is 2.08. The first-order valence-corrected chi connectivity index (χ1v) is 6.24. The molecule has 17 heavy (non-hydrogen) atoms. The average molecular weight is 272 g/mol. The molecule has 90 valence electrons. The lowest BCUT2D eigenvalue weighted by atomic mass is 10.2. The smallest absolute Gasteiger partial charge is 0.207 e. The predicted octanol–water partition coefficient (Wildman–Crippen LogP) is 2.96. The lowest BCUT2D eigenvalue weighted by molar-refractivity contribution is 0.312. The standard InChI is InChI=1S/C11H11ClFN3S/c1-16(7-10-14-15-11(12)17-10)6-8-4-2-3-5-9(8)13/h2-5H,6-7H2,1H3. The van der Waals surface area contributed by atoms with Gasteiger partial charge in [0.15, 0.2) is 0 Å². The fourth-order valence-electron chi connectivity index (χ4n) is 1.50. The molecule has 0 radical (unpaired) electrons. The second-order valence-corrected chi connectivity index (χ2v) is 5.36. The maximum Gasteiger partial charge on any atom is 0.207 e. The molecule has 3 nitrogen and oxygen atoms in total. The van der Waals surface area contributed by atoms with Crippen molar-refractivity contribution in [3.63, 3.8) is 0 Å². The molecule has 0 bridgehead atoms. The predicted molar refractivity (Wildman–Crippen MR) is 66.5 cm³/mol. The Kier molecular flexibility index (Phi) is 4.04. The lowest BCUT2D eigenvalue weighted by Crippen LogP contribution is -2.17. The largest absolute Gasteiger partial charge is 0.295 e. The van der Waals surface area contributed by atoms with Gasteiger partial charge in [0.05, 0.1) is 6.54 Å². The van der Waals surface area contributed by atoms with E-state index in [1.165, 1.54) is 17.4 Å². The molecule has 0 aliphatic rings. The van der Waals surface area contributed by atoms with Crippen LogP contribution in [0.25, 0.3) is 0 Å². The van der Waals surface area contributed by atoms with E-state index in [9.17, 15) is 4.39 Å². The van der Waals surface area contributed by atoms with Crippen LogP contribution in [0, 0.1) is 5.82 Å². The molecule has 0 saturated heterocycles. The fourth-order valence-corrected chi connectivity index (χ4v) is 2.45. The molecular formula is C11H11ClFN3S. The van der Waals surface area contributed by atoms with Gasteiger partial charge in [-0.05, 0) is 24.7 Å². The van der Waals surface area contributed by atoms with Crippen LogP contribution in [0.1, 0.15) is 10.6 Å². The summed E-state index contributed by atoms with van der Waals surface area (Å²) in [5.74, 6) is -0.186. The van der Waals surface area contributed by atoms with E-state index in [1.807, 2.05) is 18.0 Å². The minimum Gasteiger partial charge on any atom is -0.295 e. The maximum atomic E-state index is 13.4. The van der Waals surface area contributed by atoms with Crippen molar-refractivity contribution >= 4 is 22.9 Å². The topological polar surface area (TPSA) is 29.0 Å². The van der Waals surface area contributed by atoms with Gasteiger partial charge in [-0.2, -0.15) is 0 Å². The van der Waals surface area contributed by atoms with Crippen LogP contribution in [0.2, 0.25) is 4.47 Å². The number of aromatic nitrogens is 2. The van der Waals surface area contributed by atoms with Crippen LogP contribution >= 0.6 is 22.9 Å². The molecule has 1 aromatic heterocycles. The van der Waals surface area contributed by atoms with Gasteiger partial charge in [0.1, 0.15) is 10.8 Å². The third-order valence-electron chi connectivity index (χ3n) is 2.25. The van der Waals surface area contributed by atoms with Crippen molar-refractivity contribution in [1.82, 2.24) is 15.1 Å². The van der Waals surface area contributed by atoms with E-state index in [0.29, 0.717) is 23.1 Å². The Morgan fingerprint density at radius 1 is 1.29 bits per heavy atom. The van der Waals surface area contributed by atoms with Crippen molar-refractivity contribution in [2.24, 2.45) is 0 Å². The molecule has 1 heterocycles. The molecule has 0 fully saturated rings. The van der Waals surface area contributed by atoms with Crippen molar-refractivity contribution in [2.45, 2.75) is 13.1 Å². The first-order valence-electron chi connectivity index (χ1n) is 5.05. The Balaban J connectivity index is 1.98. The molecule has 1 aromatic carbocycles. The van der Waals surface area contributed by atoms with Gasteiger partial charge in [-0.3, -0.25) is 4.90 Å². The number of nitrogens with zero attached hydrogens (tertiary/aromatic N) is 3. The van der Waals surface area contributed by atoms with Crippen molar-refractivity contribution in [3.8, 4) is 0 Å². The zero-order valence-electron chi connectivity index (χ0n) is 9.23. The molecule has 0 saturated carbocycles. The summed E-state index contributed by atoms with van der Waals surface area (Å²) in [5.41, 5.74) is 0.672. The molecule has 0 atom stereocenters. The first-order chi connectivity index (χ1) is 8.15. The van der Waals surface area contributed by atoms with Crippen LogP contribution in [-0.4, -0.2) is 22.1 Å². The van der Waals surface area contributed by atoms with E-state index in [1.54, 1.807) is 12.1 Å². The third kappa shape index (κ3) is 3.46. The van der Waals surface area contributed by atoms with Crippen LogP contribution in [0.4, 0.5) is 4.39 Å². The highest BCUT2D eigenvalue weighted by molar-refractivity contribution is 7.15. The molecular weight excluding hydrogens is 261 g/mol. The Morgan fingerprint density at radius 2 is 2.06 bits per heavy atom. The number of rotatable bonds is 4. The van der Waals surface area contributed by atoms with Gasteiger partial charge in [-0.25, -0.2) is 4.39 Å². The molecule has 2 rings (SSSR count). The first kappa shape index (κ1) is 12.4. The molecule has 0 aliphatic heterocycles.